The zero-order chi connectivity index (χ0) is 7.72. The lowest BCUT2D eigenvalue weighted by Gasteiger charge is -1.93. The van der Waals surface area contributed by atoms with E-state index in [1.165, 1.54) is 7.11 Å². The summed E-state index contributed by atoms with van der Waals surface area (Å²) in [4.78, 5) is 10.8. The van der Waals surface area contributed by atoms with Gasteiger partial charge in [0.2, 0.25) is 0 Å². The molecule has 3 atom stereocenters. The van der Waals surface area contributed by atoms with Crippen molar-refractivity contribution >= 4 is 5.97 Å². The van der Waals surface area contributed by atoms with Crippen LogP contribution >= 0.6 is 0 Å². The molecule has 10 heavy (non-hydrogen) atoms. The van der Waals surface area contributed by atoms with Crippen LogP contribution < -0.4 is 0 Å². The maximum atomic E-state index is 10.8. The standard InChI is InChI=1S/C7H12O3/c1-4-5(3-8)6(4)7(9)10-2/h4-6,8H,3H2,1-2H3/t4-,5-,6-/m1/s1. The zero-order valence-electron chi connectivity index (χ0n) is 6.20. The average molecular weight is 144 g/mol. The summed E-state index contributed by atoms with van der Waals surface area (Å²) in [6.07, 6.45) is 0. The van der Waals surface area contributed by atoms with Crippen LogP contribution in [0, 0.1) is 17.8 Å². The van der Waals surface area contributed by atoms with Crippen LogP contribution in [0.3, 0.4) is 0 Å². The predicted octanol–water partition coefficient (Wildman–Crippen LogP) is 0.0338. The number of hydrogen-bond acceptors (Lipinski definition) is 3. The van der Waals surface area contributed by atoms with Gasteiger partial charge in [0.25, 0.3) is 0 Å². The average Bonchev–Trinajstić information content (AvgIpc) is 2.59. The molecule has 0 unspecified atom stereocenters. The number of hydrogen-bond donors (Lipinski definition) is 1. The fourth-order valence-corrected chi connectivity index (χ4v) is 1.35. The predicted molar refractivity (Wildman–Crippen MR) is 35.2 cm³/mol. The molecule has 3 nitrogen and oxygen atoms in total. The van der Waals surface area contributed by atoms with Crippen LogP contribution in [0.5, 0.6) is 0 Å². The summed E-state index contributed by atoms with van der Waals surface area (Å²) < 4.78 is 4.53. The van der Waals surface area contributed by atoms with Crippen molar-refractivity contribution in [2.75, 3.05) is 13.7 Å². The Labute approximate surface area is 60.0 Å². The summed E-state index contributed by atoms with van der Waals surface area (Å²) in [5.41, 5.74) is 0. The Bertz CT molecular complexity index is 144. The highest BCUT2D eigenvalue weighted by atomic mass is 16.5. The summed E-state index contributed by atoms with van der Waals surface area (Å²) in [5.74, 6) is 0.214. The lowest BCUT2D eigenvalue weighted by molar-refractivity contribution is -0.142. The minimum Gasteiger partial charge on any atom is -0.469 e. The van der Waals surface area contributed by atoms with Crippen molar-refractivity contribution in [3.63, 3.8) is 0 Å². The Kier molecular flexibility index (Phi) is 1.94. The monoisotopic (exact) mass is 144 g/mol. The fraction of sp³-hybridized carbons (Fsp3) is 0.857. The second-order valence-electron chi connectivity index (χ2n) is 2.75. The summed E-state index contributed by atoms with van der Waals surface area (Å²) in [6, 6.07) is 0. The first-order chi connectivity index (χ1) is 4.72. The van der Waals surface area contributed by atoms with Gasteiger partial charge in [-0.3, -0.25) is 4.79 Å². The molecule has 1 N–H and O–H groups in total. The van der Waals surface area contributed by atoms with Gasteiger partial charge < -0.3 is 9.84 Å². The molecule has 0 bridgehead atoms. The van der Waals surface area contributed by atoms with Crippen LogP contribution in [0.15, 0.2) is 0 Å². The van der Waals surface area contributed by atoms with E-state index in [2.05, 4.69) is 4.74 Å². The van der Waals surface area contributed by atoms with Crippen LogP contribution in [-0.4, -0.2) is 24.8 Å². The van der Waals surface area contributed by atoms with Crippen LogP contribution in [0.2, 0.25) is 0 Å². The van der Waals surface area contributed by atoms with Gasteiger partial charge in [-0.15, -0.1) is 0 Å². The van der Waals surface area contributed by atoms with Crippen molar-refractivity contribution in [3.05, 3.63) is 0 Å². The molecular formula is C7H12O3. The number of rotatable bonds is 2. The van der Waals surface area contributed by atoms with E-state index < -0.39 is 0 Å². The van der Waals surface area contributed by atoms with E-state index in [-0.39, 0.29) is 24.4 Å². The molecule has 1 aliphatic rings. The topological polar surface area (TPSA) is 46.5 Å². The number of carbonyl (C=O) groups is 1. The number of ether oxygens (including phenoxy) is 1. The molecule has 1 rings (SSSR count). The largest absolute Gasteiger partial charge is 0.469 e. The normalized spacial score (nSPS) is 37.3. The maximum Gasteiger partial charge on any atom is 0.309 e. The van der Waals surface area contributed by atoms with Gasteiger partial charge >= 0.3 is 5.97 Å². The highest BCUT2D eigenvalue weighted by molar-refractivity contribution is 5.76. The maximum absolute atomic E-state index is 10.8. The molecule has 1 fully saturated rings. The summed E-state index contributed by atoms with van der Waals surface area (Å²) in [7, 11) is 1.38. The second-order valence-corrected chi connectivity index (χ2v) is 2.75. The first-order valence-corrected chi connectivity index (χ1v) is 3.41. The molecule has 0 aromatic heterocycles. The molecule has 1 aliphatic carbocycles. The Morgan fingerprint density at radius 3 is 2.60 bits per heavy atom. The fourth-order valence-electron chi connectivity index (χ4n) is 1.35. The first kappa shape index (κ1) is 7.54. The van der Waals surface area contributed by atoms with Gasteiger partial charge in [0.05, 0.1) is 13.0 Å². The SMILES string of the molecule is COC(=O)[C@@H]1[C@H](C)[C@H]1CO. The summed E-state index contributed by atoms with van der Waals surface area (Å²) in [5, 5.41) is 8.68. The molecule has 0 radical (unpaired) electrons. The molecule has 0 amide bonds. The lowest BCUT2D eigenvalue weighted by atomic mass is 10.3. The van der Waals surface area contributed by atoms with Crippen molar-refractivity contribution < 1.29 is 14.6 Å². The number of carbonyl (C=O) groups excluding carboxylic acids is 1. The Morgan fingerprint density at radius 2 is 2.30 bits per heavy atom. The number of methoxy groups -OCH3 is 1. The molecular weight excluding hydrogens is 132 g/mol. The molecule has 1 saturated carbocycles. The van der Waals surface area contributed by atoms with Gasteiger partial charge in [-0.2, -0.15) is 0 Å². The van der Waals surface area contributed by atoms with Crippen molar-refractivity contribution in [3.8, 4) is 0 Å². The third kappa shape index (κ3) is 1.01. The van der Waals surface area contributed by atoms with Crippen LogP contribution in [0.25, 0.3) is 0 Å². The van der Waals surface area contributed by atoms with Gasteiger partial charge in [0, 0.05) is 6.61 Å². The minimum atomic E-state index is -0.188. The molecule has 0 aromatic rings. The molecule has 0 saturated heterocycles. The molecule has 0 aliphatic heterocycles. The summed E-state index contributed by atoms with van der Waals surface area (Å²) in [6.45, 7) is 2.05. The molecule has 0 aromatic carbocycles. The number of aliphatic hydroxyl groups excluding tert-OH is 1. The van der Waals surface area contributed by atoms with Crippen molar-refractivity contribution in [1.29, 1.82) is 0 Å². The van der Waals surface area contributed by atoms with Gasteiger partial charge in [-0.1, -0.05) is 6.92 Å². The van der Waals surface area contributed by atoms with E-state index in [1.807, 2.05) is 6.92 Å². The smallest absolute Gasteiger partial charge is 0.309 e. The minimum absolute atomic E-state index is 0.0463. The van der Waals surface area contributed by atoms with Crippen molar-refractivity contribution in [1.82, 2.24) is 0 Å². The molecule has 3 heteroatoms. The van der Waals surface area contributed by atoms with Crippen molar-refractivity contribution in [2.45, 2.75) is 6.92 Å². The Hall–Kier alpha value is -0.570. The highest BCUT2D eigenvalue weighted by Gasteiger charge is 2.51. The van der Waals surface area contributed by atoms with Crippen LogP contribution in [-0.2, 0) is 9.53 Å². The summed E-state index contributed by atoms with van der Waals surface area (Å²) >= 11 is 0. The third-order valence-corrected chi connectivity index (χ3v) is 2.25. The Morgan fingerprint density at radius 1 is 1.70 bits per heavy atom. The first-order valence-electron chi connectivity index (χ1n) is 3.41. The van der Waals surface area contributed by atoms with Crippen LogP contribution in [0.1, 0.15) is 6.92 Å². The van der Waals surface area contributed by atoms with E-state index in [0.717, 1.165) is 0 Å². The van der Waals surface area contributed by atoms with Crippen molar-refractivity contribution in [2.24, 2.45) is 17.8 Å². The Balaban J connectivity index is 2.40. The van der Waals surface area contributed by atoms with Gasteiger partial charge in [0.1, 0.15) is 0 Å². The third-order valence-electron chi connectivity index (χ3n) is 2.25. The van der Waals surface area contributed by atoms with E-state index in [0.29, 0.717) is 5.92 Å². The van der Waals surface area contributed by atoms with E-state index in [4.69, 9.17) is 5.11 Å². The van der Waals surface area contributed by atoms with Gasteiger partial charge in [-0.05, 0) is 11.8 Å². The van der Waals surface area contributed by atoms with E-state index in [1.54, 1.807) is 0 Å². The van der Waals surface area contributed by atoms with E-state index in [9.17, 15) is 4.79 Å². The zero-order valence-corrected chi connectivity index (χ0v) is 6.20. The van der Waals surface area contributed by atoms with Gasteiger partial charge in [-0.25, -0.2) is 0 Å². The van der Waals surface area contributed by atoms with E-state index >= 15 is 0 Å². The number of esters is 1. The second kappa shape index (κ2) is 2.58. The van der Waals surface area contributed by atoms with Crippen LogP contribution in [0.4, 0.5) is 0 Å². The van der Waals surface area contributed by atoms with Gasteiger partial charge in [0.15, 0.2) is 0 Å². The highest BCUT2D eigenvalue weighted by Crippen LogP contribution is 2.45. The quantitative estimate of drug-likeness (QED) is 0.556. The number of aliphatic hydroxyl groups is 1. The molecule has 58 valence electrons. The molecule has 0 heterocycles. The lowest BCUT2D eigenvalue weighted by Crippen LogP contribution is -2.05. The molecule has 0 spiro atoms.